The van der Waals surface area contributed by atoms with Crippen molar-refractivity contribution in [2.45, 2.75) is 0 Å². The van der Waals surface area contributed by atoms with Crippen molar-refractivity contribution in [2.75, 3.05) is 12.4 Å². The highest BCUT2D eigenvalue weighted by atomic mass is 19.1. The van der Waals surface area contributed by atoms with Crippen LogP contribution >= 0.6 is 0 Å². The molecule has 8 nitrogen and oxygen atoms in total. The Morgan fingerprint density at radius 1 is 1.03 bits per heavy atom. The minimum Gasteiger partial charge on any atom is -0.497 e. The van der Waals surface area contributed by atoms with Gasteiger partial charge in [0.15, 0.2) is 0 Å². The summed E-state index contributed by atoms with van der Waals surface area (Å²) in [6.07, 6.45) is 0. The Morgan fingerprint density at radius 3 is 2.28 bits per heavy atom. The predicted molar refractivity (Wildman–Crippen MR) is 117 cm³/mol. The van der Waals surface area contributed by atoms with Crippen molar-refractivity contribution in [1.82, 2.24) is 9.78 Å². The maximum Gasteiger partial charge on any atom is 0.274 e. The number of hydrogen-bond donors (Lipinski definition) is 1. The highest BCUT2D eigenvalue weighted by Gasteiger charge is 2.19. The molecule has 4 aromatic rings. The minimum atomic E-state index is -0.502. The van der Waals surface area contributed by atoms with Crippen molar-refractivity contribution in [3.63, 3.8) is 0 Å². The van der Waals surface area contributed by atoms with Gasteiger partial charge in [0.05, 0.1) is 23.4 Å². The van der Waals surface area contributed by atoms with Crippen molar-refractivity contribution in [2.24, 2.45) is 0 Å². The molecule has 0 atom stereocenters. The summed E-state index contributed by atoms with van der Waals surface area (Å²) < 4.78 is 19.8. The molecule has 1 N–H and O–H groups in total. The Balaban J connectivity index is 1.74. The third kappa shape index (κ3) is 4.31. The van der Waals surface area contributed by atoms with Gasteiger partial charge in [0, 0.05) is 23.4 Å². The fourth-order valence-corrected chi connectivity index (χ4v) is 3.09. The lowest BCUT2D eigenvalue weighted by atomic mass is 10.1. The van der Waals surface area contributed by atoms with Gasteiger partial charge in [0.25, 0.3) is 11.6 Å². The number of benzene rings is 3. The van der Waals surface area contributed by atoms with E-state index in [-0.39, 0.29) is 11.4 Å². The number of rotatable bonds is 6. The van der Waals surface area contributed by atoms with Crippen molar-refractivity contribution in [1.29, 1.82) is 0 Å². The van der Waals surface area contributed by atoms with E-state index in [1.807, 2.05) is 12.1 Å². The fraction of sp³-hybridized carbons (Fsp3) is 0.0435. The third-order valence-corrected chi connectivity index (χ3v) is 4.73. The van der Waals surface area contributed by atoms with Gasteiger partial charge in [-0.1, -0.05) is 0 Å². The number of halogens is 1. The van der Waals surface area contributed by atoms with E-state index in [9.17, 15) is 19.3 Å². The quantitative estimate of drug-likeness (QED) is 0.347. The number of hydrogen-bond acceptors (Lipinski definition) is 5. The molecule has 1 aromatic heterocycles. The Morgan fingerprint density at radius 2 is 1.69 bits per heavy atom. The Bertz CT molecular complexity index is 1270. The van der Waals surface area contributed by atoms with Crippen LogP contribution in [0.1, 0.15) is 10.5 Å². The summed E-state index contributed by atoms with van der Waals surface area (Å²) in [6.45, 7) is 0. The highest BCUT2D eigenvalue weighted by molar-refractivity contribution is 6.04. The van der Waals surface area contributed by atoms with Crippen LogP contribution < -0.4 is 10.1 Å². The molecule has 9 heteroatoms. The summed E-state index contributed by atoms with van der Waals surface area (Å²) in [5.74, 6) is -0.208. The number of nitro benzene ring substituents is 1. The molecule has 32 heavy (non-hydrogen) atoms. The Kier molecular flexibility index (Phi) is 5.63. The molecule has 0 fully saturated rings. The molecular formula is C23H17FN4O4. The highest BCUT2D eigenvalue weighted by Crippen LogP contribution is 2.25. The summed E-state index contributed by atoms with van der Waals surface area (Å²) >= 11 is 0. The van der Waals surface area contributed by atoms with Crippen LogP contribution in [-0.2, 0) is 0 Å². The van der Waals surface area contributed by atoms with E-state index in [0.29, 0.717) is 22.8 Å². The predicted octanol–water partition coefficient (Wildman–Crippen LogP) is 4.85. The van der Waals surface area contributed by atoms with Crippen LogP contribution in [0.2, 0.25) is 0 Å². The molecule has 0 bridgehead atoms. The number of aromatic nitrogens is 2. The van der Waals surface area contributed by atoms with E-state index in [1.54, 1.807) is 25.3 Å². The first kappa shape index (κ1) is 20.7. The topological polar surface area (TPSA) is 99.3 Å². The summed E-state index contributed by atoms with van der Waals surface area (Å²) in [5, 5.41) is 18.2. The van der Waals surface area contributed by atoms with Gasteiger partial charge >= 0.3 is 0 Å². The maximum atomic E-state index is 13.2. The number of non-ortho nitro benzene ring substituents is 1. The second-order valence-corrected chi connectivity index (χ2v) is 6.79. The SMILES string of the molecule is COc1ccc(-c2cc(C(=O)Nc3ccc(F)cc3)n(-c3ccc([N+](=O)[O-])cc3)n2)cc1. The standard InChI is InChI=1S/C23H17FN4O4/c1-32-20-12-2-15(3-13-20)21-14-22(23(29)25-17-6-4-16(24)5-7-17)27(26-21)18-8-10-19(11-9-18)28(30)31/h2-14H,1H3,(H,25,29). The first-order chi connectivity index (χ1) is 15.4. The van der Waals surface area contributed by atoms with E-state index >= 15 is 0 Å². The van der Waals surface area contributed by atoms with Crippen molar-refractivity contribution < 1.29 is 18.8 Å². The van der Waals surface area contributed by atoms with Gasteiger partial charge in [-0.15, -0.1) is 0 Å². The number of ether oxygens (including phenoxy) is 1. The van der Waals surface area contributed by atoms with Gasteiger partial charge in [0.1, 0.15) is 17.3 Å². The normalized spacial score (nSPS) is 10.6. The Labute approximate surface area is 182 Å². The molecule has 1 heterocycles. The number of carbonyl (C=O) groups is 1. The molecule has 0 spiro atoms. The van der Waals surface area contributed by atoms with Crippen LogP contribution in [0, 0.1) is 15.9 Å². The smallest absolute Gasteiger partial charge is 0.274 e. The fourth-order valence-electron chi connectivity index (χ4n) is 3.09. The first-order valence-corrected chi connectivity index (χ1v) is 9.51. The van der Waals surface area contributed by atoms with Gasteiger partial charge in [-0.2, -0.15) is 5.10 Å². The maximum absolute atomic E-state index is 13.2. The second kappa shape index (κ2) is 8.68. The molecule has 160 valence electrons. The molecule has 0 radical (unpaired) electrons. The van der Waals surface area contributed by atoms with Crippen LogP contribution in [0.5, 0.6) is 5.75 Å². The van der Waals surface area contributed by atoms with Crippen LogP contribution in [0.3, 0.4) is 0 Å². The second-order valence-electron chi connectivity index (χ2n) is 6.79. The number of carbonyl (C=O) groups excluding carboxylic acids is 1. The molecule has 0 saturated carbocycles. The number of anilines is 1. The van der Waals surface area contributed by atoms with Gasteiger partial charge in [-0.05, 0) is 66.7 Å². The average Bonchev–Trinajstić information content (AvgIpc) is 3.26. The lowest BCUT2D eigenvalue weighted by Crippen LogP contribution is -2.17. The van der Waals surface area contributed by atoms with E-state index in [2.05, 4.69) is 10.4 Å². The van der Waals surface area contributed by atoms with Crippen LogP contribution in [0.25, 0.3) is 16.9 Å². The van der Waals surface area contributed by atoms with Crippen molar-refractivity contribution in [3.05, 3.63) is 100 Å². The number of nitrogens with zero attached hydrogens (tertiary/aromatic N) is 3. The summed E-state index contributed by atoms with van der Waals surface area (Å²) in [5.41, 5.74) is 2.29. The molecule has 0 aliphatic rings. The summed E-state index contributed by atoms with van der Waals surface area (Å²) in [6, 6.07) is 19.9. The number of nitro groups is 1. The largest absolute Gasteiger partial charge is 0.497 e. The monoisotopic (exact) mass is 432 g/mol. The van der Waals surface area contributed by atoms with Crippen LogP contribution in [0.15, 0.2) is 78.9 Å². The summed E-state index contributed by atoms with van der Waals surface area (Å²) in [7, 11) is 1.57. The van der Waals surface area contributed by atoms with Crippen LogP contribution in [0.4, 0.5) is 15.8 Å². The van der Waals surface area contributed by atoms with Gasteiger partial charge < -0.3 is 10.1 Å². The molecule has 0 saturated heterocycles. The first-order valence-electron chi connectivity index (χ1n) is 9.51. The minimum absolute atomic E-state index is 0.0754. The van der Waals surface area contributed by atoms with Gasteiger partial charge in [-0.3, -0.25) is 14.9 Å². The van der Waals surface area contributed by atoms with E-state index in [4.69, 9.17) is 4.74 Å². The molecular weight excluding hydrogens is 415 g/mol. The molecule has 0 aliphatic carbocycles. The van der Waals surface area contributed by atoms with E-state index in [0.717, 1.165) is 5.56 Å². The van der Waals surface area contributed by atoms with E-state index in [1.165, 1.54) is 53.2 Å². The van der Waals surface area contributed by atoms with Gasteiger partial charge in [-0.25, -0.2) is 9.07 Å². The third-order valence-electron chi connectivity index (χ3n) is 4.73. The molecule has 3 aromatic carbocycles. The zero-order valence-corrected chi connectivity index (χ0v) is 16.9. The number of methoxy groups -OCH3 is 1. The lowest BCUT2D eigenvalue weighted by molar-refractivity contribution is -0.384. The molecule has 0 unspecified atom stereocenters. The van der Waals surface area contributed by atoms with Crippen molar-refractivity contribution >= 4 is 17.3 Å². The van der Waals surface area contributed by atoms with Gasteiger partial charge in [0.2, 0.25) is 0 Å². The zero-order valence-electron chi connectivity index (χ0n) is 16.9. The number of nitrogens with one attached hydrogen (secondary N) is 1. The molecule has 0 aliphatic heterocycles. The van der Waals surface area contributed by atoms with E-state index < -0.39 is 16.6 Å². The zero-order chi connectivity index (χ0) is 22.7. The lowest BCUT2D eigenvalue weighted by Gasteiger charge is -2.08. The molecule has 4 rings (SSSR count). The Hall–Kier alpha value is -4.53. The van der Waals surface area contributed by atoms with Crippen LogP contribution in [-0.4, -0.2) is 27.7 Å². The average molecular weight is 432 g/mol. The van der Waals surface area contributed by atoms with Crippen molar-refractivity contribution in [3.8, 4) is 22.7 Å². The summed E-state index contributed by atoms with van der Waals surface area (Å²) in [4.78, 5) is 23.5. The number of amides is 1. The molecule has 1 amide bonds.